The van der Waals surface area contributed by atoms with Gasteiger partial charge in [0.25, 0.3) is 6.41 Å². The fraction of sp³-hybridized carbons (Fsp3) is 0.600. The molecule has 1 fully saturated rings. The summed E-state index contributed by atoms with van der Waals surface area (Å²) >= 11 is 0. The lowest BCUT2D eigenvalue weighted by Crippen LogP contribution is -2.38. The molecule has 3 amide bonds. The number of urea groups is 1. The average molecular weight is 206 g/mol. The maximum atomic E-state index is 11.2. The standard InChI is InChI=1S/C5H8N3O4S/c1-13(11,12)8-3-2-7(5(8)10)6-4-9/h4H,2-3H2,1H3. The van der Waals surface area contributed by atoms with Crippen LogP contribution in [0.25, 0.3) is 0 Å². The van der Waals surface area contributed by atoms with Crippen LogP contribution in [0.5, 0.6) is 0 Å². The summed E-state index contributed by atoms with van der Waals surface area (Å²) < 4.78 is 22.6. The number of carbonyl (C=O) groups excluding carboxylic acids is 2. The Morgan fingerprint density at radius 3 is 2.46 bits per heavy atom. The molecule has 0 spiro atoms. The Bertz CT molecular complexity index is 325. The van der Waals surface area contributed by atoms with Crippen molar-refractivity contribution in [3.05, 3.63) is 0 Å². The topological polar surface area (TPSA) is 88.9 Å². The molecule has 1 aliphatic heterocycles. The highest BCUT2D eigenvalue weighted by Crippen LogP contribution is 2.09. The summed E-state index contributed by atoms with van der Waals surface area (Å²) in [7, 11) is -3.54. The Labute approximate surface area is 75.3 Å². The number of rotatable bonds is 3. The molecular weight excluding hydrogens is 198 g/mol. The fourth-order valence-corrected chi connectivity index (χ4v) is 1.77. The van der Waals surface area contributed by atoms with Gasteiger partial charge in [0.1, 0.15) is 0 Å². The molecule has 0 unspecified atom stereocenters. The van der Waals surface area contributed by atoms with E-state index in [-0.39, 0.29) is 19.5 Å². The summed E-state index contributed by atoms with van der Waals surface area (Å²) in [6, 6.07) is -0.783. The summed E-state index contributed by atoms with van der Waals surface area (Å²) in [4.78, 5) is 21.1. The molecule has 0 saturated carbocycles. The molecule has 73 valence electrons. The van der Waals surface area contributed by atoms with E-state index in [1.165, 1.54) is 0 Å². The molecule has 0 aromatic heterocycles. The first-order valence-corrected chi connectivity index (χ1v) is 5.25. The zero-order valence-corrected chi connectivity index (χ0v) is 7.69. The number of amides is 3. The molecule has 0 N–H and O–H groups in total. The van der Waals surface area contributed by atoms with Crippen molar-refractivity contribution in [2.24, 2.45) is 0 Å². The van der Waals surface area contributed by atoms with Crippen LogP contribution in [0.15, 0.2) is 0 Å². The smallest absolute Gasteiger partial charge is 0.275 e. The predicted octanol–water partition coefficient (Wildman–Crippen LogP) is -1.64. The number of nitrogens with zero attached hydrogens (tertiary/aromatic N) is 3. The molecule has 13 heavy (non-hydrogen) atoms. The second kappa shape index (κ2) is 3.21. The fourth-order valence-electron chi connectivity index (χ4n) is 0.977. The van der Waals surface area contributed by atoms with Crippen LogP contribution in [-0.2, 0) is 14.8 Å². The van der Waals surface area contributed by atoms with Gasteiger partial charge in [0.15, 0.2) is 0 Å². The third-order valence-electron chi connectivity index (χ3n) is 1.54. The van der Waals surface area contributed by atoms with Crippen molar-refractivity contribution in [2.45, 2.75) is 0 Å². The van der Waals surface area contributed by atoms with Crippen molar-refractivity contribution in [1.29, 1.82) is 0 Å². The summed E-state index contributed by atoms with van der Waals surface area (Å²) in [6.07, 6.45) is 1.12. The van der Waals surface area contributed by atoms with E-state index in [0.29, 0.717) is 4.31 Å². The molecular formula is C5H8N3O4S. The maximum Gasteiger partial charge on any atom is 0.354 e. The number of carbonyl (C=O) groups is 2. The minimum absolute atomic E-state index is 0.0367. The highest BCUT2D eigenvalue weighted by Gasteiger charge is 2.35. The molecule has 0 bridgehead atoms. The number of sulfonamides is 1. The van der Waals surface area contributed by atoms with Crippen molar-refractivity contribution in [3.63, 3.8) is 0 Å². The van der Waals surface area contributed by atoms with E-state index >= 15 is 0 Å². The van der Waals surface area contributed by atoms with Crippen LogP contribution >= 0.6 is 0 Å². The molecule has 1 saturated heterocycles. The monoisotopic (exact) mass is 206 g/mol. The molecule has 1 heterocycles. The third-order valence-corrected chi connectivity index (χ3v) is 2.68. The van der Waals surface area contributed by atoms with Crippen LogP contribution in [0.2, 0.25) is 0 Å². The highest BCUT2D eigenvalue weighted by molar-refractivity contribution is 7.88. The van der Waals surface area contributed by atoms with Crippen LogP contribution in [0.4, 0.5) is 4.79 Å². The molecule has 0 atom stereocenters. The van der Waals surface area contributed by atoms with E-state index in [9.17, 15) is 18.0 Å². The first-order chi connectivity index (χ1) is 5.96. The molecule has 1 aliphatic rings. The largest absolute Gasteiger partial charge is 0.354 e. The van der Waals surface area contributed by atoms with Gasteiger partial charge in [0, 0.05) is 0 Å². The summed E-state index contributed by atoms with van der Waals surface area (Å²) in [5.41, 5.74) is 3.17. The highest BCUT2D eigenvalue weighted by atomic mass is 32.2. The summed E-state index contributed by atoms with van der Waals surface area (Å²) in [5.74, 6) is 0. The normalized spacial score (nSPS) is 17.8. The summed E-state index contributed by atoms with van der Waals surface area (Å²) in [5, 5.41) is 0.814. The molecule has 1 radical (unpaired) electrons. The van der Waals surface area contributed by atoms with E-state index in [1.54, 1.807) is 0 Å². The SMILES string of the molecule is CS(=O)(=O)N1CCN([N]C=O)C1=O. The number of hydrogen-bond acceptors (Lipinski definition) is 4. The van der Waals surface area contributed by atoms with Gasteiger partial charge >= 0.3 is 6.03 Å². The second-order valence-corrected chi connectivity index (χ2v) is 4.37. The molecule has 0 aromatic rings. The third kappa shape index (κ3) is 1.89. The lowest BCUT2D eigenvalue weighted by atomic mass is 10.7. The molecule has 1 rings (SSSR count). The Morgan fingerprint density at radius 1 is 1.46 bits per heavy atom. The van der Waals surface area contributed by atoms with Crippen molar-refractivity contribution in [1.82, 2.24) is 14.7 Å². The van der Waals surface area contributed by atoms with Gasteiger partial charge in [-0.3, -0.25) is 4.79 Å². The Kier molecular flexibility index (Phi) is 2.41. The van der Waals surface area contributed by atoms with Crippen LogP contribution in [0, 0.1) is 0 Å². The average Bonchev–Trinajstić information content (AvgIpc) is 2.32. The van der Waals surface area contributed by atoms with Crippen LogP contribution in [0.1, 0.15) is 0 Å². The zero-order chi connectivity index (χ0) is 10.1. The van der Waals surface area contributed by atoms with E-state index in [0.717, 1.165) is 11.3 Å². The minimum Gasteiger partial charge on any atom is -0.275 e. The molecule has 0 aromatic carbocycles. The van der Waals surface area contributed by atoms with E-state index in [2.05, 4.69) is 5.43 Å². The molecule has 0 aliphatic carbocycles. The molecule has 8 heteroatoms. The van der Waals surface area contributed by atoms with Crippen molar-refractivity contribution >= 4 is 22.5 Å². The van der Waals surface area contributed by atoms with Gasteiger partial charge < -0.3 is 0 Å². The lowest BCUT2D eigenvalue weighted by Gasteiger charge is -2.12. The Morgan fingerprint density at radius 2 is 2.08 bits per heavy atom. The van der Waals surface area contributed by atoms with Gasteiger partial charge in [0.05, 0.1) is 19.3 Å². The number of hydrogen-bond donors (Lipinski definition) is 0. The maximum absolute atomic E-state index is 11.2. The van der Waals surface area contributed by atoms with Crippen LogP contribution in [-0.4, -0.2) is 49.5 Å². The Hall–Kier alpha value is -1.31. The minimum atomic E-state index is -3.54. The first kappa shape index (κ1) is 9.78. The quantitative estimate of drug-likeness (QED) is 0.518. The summed E-state index contributed by atoms with van der Waals surface area (Å²) in [6.45, 7) is 0.152. The zero-order valence-electron chi connectivity index (χ0n) is 6.87. The first-order valence-electron chi connectivity index (χ1n) is 3.40. The lowest BCUT2D eigenvalue weighted by molar-refractivity contribution is -0.112. The van der Waals surface area contributed by atoms with Crippen molar-refractivity contribution in [3.8, 4) is 0 Å². The van der Waals surface area contributed by atoms with Gasteiger partial charge in [0.2, 0.25) is 10.0 Å². The van der Waals surface area contributed by atoms with Gasteiger partial charge in [-0.1, -0.05) is 0 Å². The van der Waals surface area contributed by atoms with Crippen LogP contribution in [0.3, 0.4) is 0 Å². The van der Waals surface area contributed by atoms with Gasteiger partial charge in [-0.15, -0.1) is 5.43 Å². The van der Waals surface area contributed by atoms with Crippen molar-refractivity contribution < 1.29 is 18.0 Å². The second-order valence-electron chi connectivity index (χ2n) is 2.46. The van der Waals surface area contributed by atoms with E-state index in [4.69, 9.17) is 0 Å². The molecule has 7 nitrogen and oxygen atoms in total. The van der Waals surface area contributed by atoms with Gasteiger partial charge in [-0.25, -0.2) is 22.5 Å². The van der Waals surface area contributed by atoms with Crippen LogP contribution < -0.4 is 5.43 Å². The Balaban J connectivity index is 2.77. The van der Waals surface area contributed by atoms with E-state index in [1.807, 2.05) is 0 Å². The van der Waals surface area contributed by atoms with Gasteiger partial charge in [-0.2, -0.15) is 0 Å². The van der Waals surface area contributed by atoms with E-state index < -0.39 is 16.1 Å². The van der Waals surface area contributed by atoms with Gasteiger partial charge in [-0.05, 0) is 0 Å². The van der Waals surface area contributed by atoms with Crippen molar-refractivity contribution in [2.75, 3.05) is 19.3 Å². The predicted molar refractivity (Wildman–Crippen MR) is 41.8 cm³/mol.